The number of hydrogen-bond donors (Lipinski definition) is 1. The summed E-state index contributed by atoms with van der Waals surface area (Å²) in [6, 6.07) is 0. The van der Waals surface area contributed by atoms with Crippen molar-refractivity contribution in [1.82, 2.24) is 9.88 Å². The fourth-order valence-electron chi connectivity index (χ4n) is 2.52. The molecule has 0 amide bonds. The lowest BCUT2D eigenvalue weighted by atomic mass is 10.1. The highest BCUT2D eigenvalue weighted by molar-refractivity contribution is 6.34. The van der Waals surface area contributed by atoms with E-state index < -0.39 is 0 Å². The SMILES string of the molecule is CCCN(CCC)CC(C)(C)N[SiH2]C(CC)CC. The van der Waals surface area contributed by atoms with Gasteiger partial charge in [-0.3, -0.25) is 0 Å². The molecule has 0 aromatic carbocycles. The second-order valence-corrected chi connectivity index (χ2v) is 8.14. The Morgan fingerprint density at radius 2 is 1.50 bits per heavy atom. The first kappa shape index (κ1) is 18.1. The maximum Gasteiger partial charge on any atom is 0.0953 e. The Bertz CT molecular complexity index is 185. The van der Waals surface area contributed by atoms with Gasteiger partial charge in [0.05, 0.1) is 9.68 Å². The second kappa shape index (κ2) is 9.99. The third-order valence-electron chi connectivity index (χ3n) is 3.72. The molecule has 0 saturated heterocycles. The van der Waals surface area contributed by atoms with E-state index in [0.717, 1.165) is 5.54 Å². The summed E-state index contributed by atoms with van der Waals surface area (Å²) in [6.07, 6.45) is 5.22. The molecule has 0 aliphatic rings. The van der Waals surface area contributed by atoms with Crippen LogP contribution in [0, 0.1) is 0 Å². The van der Waals surface area contributed by atoms with Crippen molar-refractivity contribution in [1.29, 1.82) is 0 Å². The molecule has 0 fully saturated rings. The summed E-state index contributed by atoms with van der Waals surface area (Å²) in [7, 11) is -0.126. The van der Waals surface area contributed by atoms with Crippen molar-refractivity contribution < 1.29 is 0 Å². The summed E-state index contributed by atoms with van der Waals surface area (Å²) in [5.41, 5.74) is 1.26. The molecule has 3 heteroatoms. The van der Waals surface area contributed by atoms with E-state index in [1.165, 1.54) is 45.3 Å². The van der Waals surface area contributed by atoms with Crippen LogP contribution >= 0.6 is 0 Å². The smallest absolute Gasteiger partial charge is 0.0953 e. The highest BCUT2D eigenvalue weighted by atomic mass is 28.2. The molecular weight excluding hydrogens is 236 g/mol. The normalized spacial score (nSPS) is 13.3. The highest BCUT2D eigenvalue weighted by Gasteiger charge is 2.21. The van der Waals surface area contributed by atoms with Crippen LogP contribution in [0.25, 0.3) is 0 Å². The molecule has 0 heterocycles. The molecule has 0 atom stereocenters. The van der Waals surface area contributed by atoms with Crippen LogP contribution in [0.5, 0.6) is 0 Å². The lowest BCUT2D eigenvalue weighted by Gasteiger charge is -2.34. The van der Waals surface area contributed by atoms with Crippen LogP contribution in [0.4, 0.5) is 0 Å². The minimum absolute atomic E-state index is 0.126. The van der Waals surface area contributed by atoms with Crippen LogP contribution in [0.1, 0.15) is 67.2 Å². The Morgan fingerprint density at radius 1 is 1.00 bits per heavy atom. The average Bonchev–Trinajstić information content (AvgIpc) is 2.30. The van der Waals surface area contributed by atoms with Gasteiger partial charge in [-0.25, -0.2) is 0 Å². The van der Waals surface area contributed by atoms with Crippen LogP contribution in [-0.4, -0.2) is 39.8 Å². The summed E-state index contributed by atoms with van der Waals surface area (Å²) < 4.78 is 0. The van der Waals surface area contributed by atoms with E-state index in [4.69, 9.17) is 0 Å². The van der Waals surface area contributed by atoms with Crippen molar-refractivity contribution in [3.05, 3.63) is 0 Å². The van der Waals surface area contributed by atoms with Gasteiger partial charge in [0, 0.05) is 12.1 Å². The third kappa shape index (κ3) is 8.28. The topological polar surface area (TPSA) is 15.3 Å². The van der Waals surface area contributed by atoms with Gasteiger partial charge in [-0.2, -0.15) is 0 Å². The molecule has 0 aliphatic carbocycles. The summed E-state index contributed by atoms with van der Waals surface area (Å²) in [6.45, 7) is 17.6. The molecule has 0 bridgehead atoms. The molecule has 0 radical (unpaired) electrons. The molecule has 18 heavy (non-hydrogen) atoms. The van der Waals surface area contributed by atoms with Gasteiger partial charge in [0.2, 0.25) is 0 Å². The van der Waals surface area contributed by atoms with Gasteiger partial charge in [-0.1, -0.05) is 40.5 Å². The van der Waals surface area contributed by atoms with E-state index >= 15 is 0 Å². The minimum atomic E-state index is -0.126. The van der Waals surface area contributed by atoms with Crippen molar-refractivity contribution in [3.8, 4) is 0 Å². The van der Waals surface area contributed by atoms with Gasteiger partial charge in [0.25, 0.3) is 0 Å². The Labute approximate surface area is 118 Å². The van der Waals surface area contributed by atoms with Gasteiger partial charge in [-0.05, 0) is 45.3 Å². The average molecular weight is 273 g/mol. The van der Waals surface area contributed by atoms with Crippen LogP contribution in [0.15, 0.2) is 0 Å². The Hall–Kier alpha value is 0.137. The van der Waals surface area contributed by atoms with Crippen molar-refractivity contribution >= 4 is 9.68 Å². The van der Waals surface area contributed by atoms with E-state index in [2.05, 4.69) is 51.4 Å². The molecule has 0 aliphatic heterocycles. The first-order chi connectivity index (χ1) is 8.49. The van der Waals surface area contributed by atoms with Gasteiger partial charge >= 0.3 is 0 Å². The summed E-state index contributed by atoms with van der Waals surface area (Å²) in [5.74, 6) is 0. The zero-order chi connectivity index (χ0) is 14.0. The fourth-order valence-corrected chi connectivity index (χ4v) is 4.05. The van der Waals surface area contributed by atoms with Gasteiger partial charge in [0.15, 0.2) is 0 Å². The first-order valence-electron chi connectivity index (χ1n) is 7.96. The molecule has 0 saturated carbocycles. The van der Waals surface area contributed by atoms with E-state index in [-0.39, 0.29) is 9.68 Å². The van der Waals surface area contributed by atoms with Crippen LogP contribution in [0.3, 0.4) is 0 Å². The second-order valence-electron chi connectivity index (χ2n) is 6.22. The molecule has 0 rings (SSSR count). The Balaban J connectivity index is 4.16. The monoisotopic (exact) mass is 272 g/mol. The van der Waals surface area contributed by atoms with E-state index in [9.17, 15) is 0 Å². The number of hydrogen-bond acceptors (Lipinski definition) is 2. The Kier molecular flexibility index (Phi) is 10.1. The maximum absolute atomic E-state index is 3.91. The largest absolute Gasteiger partial charge is 0.336 e. The van der Waals surface area contributed by atoms with Crippen molar-refractivity contribution in [2.45, 2.75) is 78.3 Å². The number of rotatable bonds is 11. The van der Waals surface area contributed by atoms with Crippen LogP contribution < -0.4 is 4.98 Å². The van der Waals surface area contributed by atoms with Crippen molar-refractivity contribution in [2.24, 2.45) is 0 Å². The highest BCUT2D eigenvalue weighted by Crippen LogP contribution is 2.14. The zero-order valence-electron chi connectivity index (χ0n) is 13.7. The predicted molar refractivity (Wildman–Crippen MR) is 87.1 cm³/mol. The zero-order valence-corrected chi connectivity index (χ0v) is 15.1. The minimum Gasteiger partial charge on any atom is -0.336 e. The maximum atomic E-state index is 3.91. The first-order valence-corrected chi connectivity index (χ1v) is 9.48. The van der Waals surface area contributed by atoms with E-state index in [1.54, 1.807) is 0 Å². The van der Waals surface area contributed by atoms with Gasteiger partial charge < -0.3 is 9.88 Å². The Morgan fingerprint density at radius 3 is 1.89 bits per heavy atom. The van der Waals surface area contributed by atoms with Gasteiger partial charge in [0.1, 0.15) is 0 Å². The summed E-state index contributed by atoms with van der Waals surface area (Å²) >= 11 is 0. The summed E-state index contributed by atoms with van der Waals surface area (Å²) in [4.78, 5) is 6.52. The van der Waals surface area contributed by atoms with Crippen LogP contribution in [0.2, 0.25) is 5.54 Å². The molecule has 110 valence electrons. The number of nitrogens with zero attached hydrogens (tertiary/aromatic N) is 1. The van der Waals surface area contributed by atoms with Crippen molar-refractivity contribution in [2.75, 3.05) is 19.6 Å². The fraction of sp³-hybridized carbons (Fsp3) is 1.00. The standard InChI is InChI=1S/C15H36N2Si/c1-7-11-17(12-8-2)13-15(5,6)16-18-14(9-3)10-4/h14,16H,7-13,18H2,1-6H3. The third-order valence-corrected chi connectivity index (χ3v) is 6.62. The molecule has 0 unspecified atom stereocenters. The molecule has 1 N–H and O–H groups in total. The van der Waals surface area contributed by atoms with Crippen LogP contribution in [-0.2, 0) is 0 Å². The van der Waals surface area contributed by atoms with Gasteiger partial charge in [-0.15, -0.1) is 0 Å². The lowest BCUT2D eigenvalue weighted by molar-refractivity contribution is 0.216. The molecular formula is C15H36N2Si. The molecule has 0 aromatic heterocycles. The molecule has 2 nitrogen and oxygen atoms in total. The number of nitrogens with one attached hydrogen (secondary N) is 1. The quantitative estimate of drug-likeness (QED) is 0.581. The van der Waals surface area contributed by atoms with E-state index in [1.807, 2.05) is 0 Å². The molecule has 0 spiro atoms. The predicted octanol–water partition coefficient (Wildman–Crippen LogP) is 3.17. The van der Waals surface area contributed by atoms with Crippen molar-refractivity contribution in [3.63, 3.8) is 0 Å². The van der Waals surface area contributed by atoms with E-state index in [0.29, 0.717) is 5.54 Å². The molecule has 0 aromatic rings. The lowest BCUT2D eigenvalue weighted by Crippen LogP contribution is -2.51. The summed E-state index contributed by atoms with van der Waals surface area (Å²) in [5, 5.41) is 0.